The molecule has 0 saturated carbocycles. The van der Waals surface area contributed by atoms with E-state index in [0.29, 0.717) is 5.69 Å². The molecule has 1 amide bonds. The second-order valence-electron chi connectivity index (χ2n) is 5.50. The minimum atomic E-state index is -0.611. The Labute approximate surface area is 166 Å². The molecule has 0 bridgehead atoms. The summed E-state index contributed by atoms with van der Waals surface area (Å²) in [6, 6.07) is 8.99. The smallest absolute Gasteiger partial charge is 0.339 e. The number of nitrogens with one attached hydrogen (secondary N) is 2. The number of esters is 1. The number of methoxy groups -OCH3 is 1. The van der Waals surface area contributed by atoms with Gasteiger partial charge in [-0.15, -0.1) is 11.3 Å². The number of hydrogen-bond donors (Lipinski definition) is 2. The SMILES string of the molecule is COC(=O)c1c[nH]c(=O)c(NC(=O)Cc2csc(-c3cccc(Br)c3)n2)c1. The van der Waals surface area contributed by atoms with Crippen molar-refractivity contribution in [1.29, 1.82) is 0 Å². The van der Waals surface area contributed by atoms with Crippen LogP contribution in [0.4, 0.5) is 5.69 Å². The highest BCUT2D eigenvalue weighted by atomic mass is 79.9. The summed E-state index contributed by atoms with van der Waals surface area (Å²) >= 11 is 4.85. The largest absolute Gasteiger partial charge is 0.465 e. The molecule has 0 aliphatic carbocycles. The molecule has 3 rings (SSSR count). The molecule has 0 aliphatic heterocycles. The highest BCUT2D eigenvalue weighted by molar-refractivity contribution is 9.10. The molecule has 3 aromatic rings. The number of thiazole rings is 1. The van der Waals surface area contributed by atoms with Crippen LogP contribution in [-0.4, -0.2) is 29.0 Å². The fraction of sp³-hybridized carbons (Fsp3) is 0.111. The van der Waals surface area contributed by atoms with Gasteiger partial charge in [0, 0.05) is 21.6 Å². The average molecular weight is 448 g/mol. The molecule has 27 heavy (non-hydrogen) atoms. The molecule has 0 radical (unpaired) electrons. The molecule has 9 heteroatoms. The lowest BCUT2D eigenvalue weighted by atomic mass is 10.2. The number of aromatic nitrogens is 2. The van der Waals surface area contributed by atoms with E-state index in [1.807, 2.05) is 24.3 Å². The summed E-state index contributed by atoms with van der Waals surface area (Å²) in [6.07, 6.45) is 1.24. The Kier molecular flexibility index (Phi) is 5.82. The first kappa shape index (κ1) is 19.0. The van der Waals surface area contributed by atoms with E-state index >= 15 is 0 Å². The van der Waals surface area contributed by atoms with Crippen LogP contribution in [-0.2, 0) is 16.0 Å². The Morgan fingerprint density at radius 2 is 2.15 bits per heavy atom. The van der Waals surface area contributed by atoms with Gasteiger partial charge < -0.3 is 15.0 Å². The van der Waals surface area contributed by atoms with E-state index in [-0.39, 0.29) is 17.7 Å². The van der Waals surface area contributed by atoms with Gasteiger partial charge in [0.2, 0.25) is 5.91 Å². The number of hydrogen-bond acceptors (Lipinski definition) is 6. The molecule has 0 aliphatic rings. The number of anilines is 1. The number of halogens is 1. The summed E-state index contributed by atoms with van der Waals surface area (Å²) in [6.45, 7) is 0. The molecule has 7 nitrogen and oxygen atoms in total. The Morgan fingerprint density at radius 1 is 1.33 bits per heavy atom. The first-order chi connectivity index (χ1) is 13.0. The van der Waals surface area contributed by atoms with Crippen molar-refractivity contribution in [3.8, 4) is 10.6 Å². The van der Waals surface area contributed by atoms with Crippen molar-refractivity contribution >= 4 is 44.8 Å². The Balaban J connectivity index is 1.72. The van der Waals surface area contributed by atoms with Gasteiger partial charge in [-0.25, -0.2) is 9.78 Å². The lowest BCUT2D eigenvalue weighted by Gasteiger charge is -2.05. The fourth-order valence-electron chi connectivity index (χ4n) is 2.31. The first-order valence-electron chi connectivity index (χ1n) is 7.77. The van der Waals surface area contributed by atoms with Gasteiger partial charge in [-0.05, 0) is 18.2 Å². The molecule has 0 spiro atoms. The van der Waals surface area contributed by atoms with Crippen LogP contribution in [0, 0.1) is 0 Å². The van der Waals surface area contributed by atoms with Gasteiger partial charge in [0.25, 0.3) is 5.56 Å². The van der Waals surface area contributed by atoms with Gasteiger partial charge in [0.1, 0.15) is 10.7 Å². The van der Waals surface area contributed by atoms with Crippen molar-refractivity contribution < 1.29 is 14.3 Å². The molecule has 138 valence electrons. The number of nitrogens with zero attached hydrogens (tertiary/aromatic N) is 1. The van der Waals surface area contributed by atoms with Crippen LogP contribution in [0.15, 0.2) is 51.2 Å². The summed E-state index contributed by atoms with van der Waals surface area (Å²) in [5.41, 5.74) is 1.14. The predicted octanol–water partition coefficient (Wildman–Crippen LogP) is 3.23. The lowest BCUT2D eigenvalue weighted by molar-refractivity contribution is -0.115. The van der Waals surface area contributed by atoms with Crippen LogP contribution < -0.4 is 10.9 Å². The molecule has 0 fully saturated rings. The fourth-order valence-corrected chi connectivity index (χ4v) is 3.53. The maximum atomic E-state index is 12.3. The van der Waals surface area contributed by atoms with Gasteiger partial charge in [-0.2, -0.15) is 0 Å². The molecule has 0 unspecified atom stereocenters. The number of ether oxygens (including phenoxy) is 1. The second-order valence-corrected chi connectivity index (χ2v) is 7.28. The van der Waals surface area contributed by atoms with E-state index < -0.39 is 17.4 Å². The van der Waals surface area contributed by atoms with Crippen molar-refractivity contribution in [2.24, 2.45) is 0 Å². The normalized spacial score (nSPS) is 10.4. The lowest BCUT2D eigenvalue weighted by Crippen LogP contribution is -2.22. The molecule has 0 saturated heterocycles. The number of amides is 1. The van der Waals surface area contributed by atoms with Gasteiger partial charge in [0.05, 0.1) is 24.8 Å². The van der Waals surface area contributed by atoms with Crippen molar-refractivity contribution in [3.63, 3.8) is 0 Å². The van der Waals surface area contributed by atoms with Crippen molar-refractivity contribution in [2.45, 2.75) is 6.42 Å². The van der Waals surface area contributed by atoms with E-state index in [1.54, 1.807) is 5.38 Å². The monoisotopic (exact) mass is 447 g/mol. The summed E-state index contributed by atoms with van der Waals surface area (Å²) in [5.74, 6) is -1.02. The summed E-state index contributed by atoms with van der Waals surface area (Å²) < 4.78 is 5.54. The third kappa shape index (κ3) is 4.69. The summed E-state index contributed by atoms with van der Waals surface area (Å²) in [4.78, 5) is 42.5. The number of carbonyl (C=O) groups is 2. The molecule has 0 atom stereocenters. The van der Waals surface area contributed by atoms with E-state index in [1.165, 1.54) is 30.7 Å². The van der Waals surface area contributed by atoms with E-state index in [9.17, 15) is 14.4 Å². The van der Waals surface area contributed by atoms with E-state index in [2.05, 4.69) is 36.0 Å². The minimum absolute atomic E-state index is 0.00634. The molecular formula is C18H14BrN3O4S. The number of benzene rings is 1. The molecule has 1 aromatic carbocycles. The van der Waals surface area contributed by atoms with Crippen molar-refractivity contribution in [2.75, 3.05) is 12.4 Å². The van der Waals surface area contributed by atoms with Crippen LogP contribution in [0.2, 0.25) is 0 Å². The Bertz CT molecular complexity index is 1060. The topological polar surface area (TPSA) is 101 Å². The number of H-pyrrole nitrogens is 1. The van der Waals surface area contributed by atoms with E-state index in [0.717, 1.165) is 15.0 Å². The summed E-state index contributed by atoms with van der Waals surface area (Å²) in [5, 5.41) is 5.10. The quantitative estimate of drug-likeness (QED) is 0.584. The highest BCUT2D eigenvalue weighted by Gasteiger charge is 2.13. The number of aromatic amines is 1. The molecule has 2 heterocycles. The third-order valence-electron chi connectivity index (χ3n) is 3.56. The summed E-state index contributed by atoms with van der Waals surface area (Å²) in [7, 11) is 1.23. The zero-order valence-electron chi connectivity index (χ0n) is 14.1. The molecule has 2 N–H and O–H groups in total. The van der Waals surface area contributed by atoms with Crippen molar-refractivity contribution in [3.05, 3.63) is 68.0 Å². The van der Waals surface area contributed by atoms with E-state index in [4.69, 9.17) is 0 Å². The zero-order valence-corrected chi connectivity index (χ0v) is 16.5. The van der Waals surface area contributed by atoms with Crippen LogP contribution in [0.1, 0.15) is 16.1 Å². The van der Waals surface area contributed by atoms with Crippen LogP contribution in [0.5, 0.6) is 0 Å². The second kappa shape index (κ2) is 8.28. The Hall–Kier alpha value is -2.78. The highest BCUT2D eigenvalue weighted by Crippen LogP contribution is 2.26. The van der Waals surface area contributed by atoms with Gasteiger partial charge >= 0.3 is 5.97 Å². The number of pyridine rings is 1. The van der Waals surface area contributed by atoms with Crippen molar-refractivity contribution in [1.82, 2.24) is 9.97 Å². The predicted molar refractivity (Wildman–Crippen MR) is 106 cm³/mol. The standard InChI is InChI=1S/C18H14BrN3O4S/c1-26-18(25)11-6-14(16(24)20-8-11)22-15(23)7-13-9-27-17(21-13)10-3-2-4-12(19)5-10/h2-6,8-9H,7H2,1H3,(H,20,24)(H,22,23). The third-order valence-corrected chi connectivity index (χ3v) is 5.00. The maximum absolute atomic E-state index is 12.3. The van der Waals surface area contributed by atoms with Gasteiger partial charge in [0.15, 0.2) is 0 Å². The zero-order chi connectivity index (χ0) is 19.4. The van der Waals surface area contributed by atoms with Crippen LogP contribution in [0.25, 0.3) is 10.6 Å². The maximum Gasteiger partial charge on any atom is 0.339 e. The van der Waals surface area contributed by atoms with Gasteiger partial charge in [-0.1, -0.05) is 28.1 Å². The minimum Gasteiger partial charge on any atom is -0.465 e. The van der Waals surface area contributed by atoms with Gasteiger partial charge in [-0.3, -0.25) is 9.59 Å². The van der Waals surface area contributed by atoms with Crippen LogP contribution >= 0.6 is 27.3 Å². The Morgan fingerprint density at radius 3 is 2.89 bits per heavy atom. The molecular weight excluding hydrogens is 434 g/mol. The molecule has 2 aromatic heterocycles. The first-order valence-corrected chi connectivity index (χ1v) is 9.45. The van der Waals surface area contributed by atoms with Crippen LogP contribution in [0.3, 0.4) is 0 Å². The average Bonchev–Trinajstić information content (AvgIpc) is 3.11. The number of rotatable bonds is 5. The number of carbonyl (C=O) groups excluding carboxylic acids is 2.